The number of hydrogen-bond acceptors (Lipinski definition) is 6. The molecular weight excluding hydrogens is 400 g/mol. The molecule has 0 saturated heterocycles. The average Bonchev–Trinajstić information content (AvgIpc) is 2.87. The number of rotatable bonds is 4. The molecule has 32 heavy (non-hydrogen) atoms. The van der Waals surface area contributed by atoms with Crippen molar-refractivity contribution in [1.29, 1.82) is 0 Å². The summed E-state index contributed by atoms with van der Waals surface area (Å²) in [5.74, 6) is -1.86. The van der Waals surface area contributed by atoms with Crippen LogP contribution in [0.15, 0.2) is 97.6 Å². The highest BCUT2D eigenvalue weighted by molar-refractivity contribution is 5.34. The Hall–Kier alpha value is -3.48. The van der Waals surface area contributed by atoms with Crippen LogP contribution in [0.2, 0.25) is 0 Å². The highest BCUT2D eigenvalue weighted by atomic mass is 16.3. The second-order valence-electron chi connectivity index (χ2n) is 8.10. The highest BCUT2D eigenvalue weighted by Crippen LogP contribution is 2.54. The van der Waals surface area contributed by atoms with Crippen molar-refractivity contribution >= 4 is 0 Å². The minimum absolute atomic E-state index is 0.465. The summed E-state index contributed by atoms with van der Waals surface area (Å²) in [6.07, 6.45) is 5.13. The third kappa shape index (κ3) is 3.68. The zero-order valence-electron chi connectivity index (χ0n) is 17.4. The molecule has 4 atom stereocenters. The molecule has 1 fully saturated rings. The molecule has 0 aromatic carbocycles. The van der Waals surface area contributed by atoms with E-state index in [1.807, 2.05) is 72.8 Å². The maximum Gasteiger partial charge on any atom is 0.0722 e. The topological polar surface area (TPSA) is 92.0 Å². The normalized spacial score (nSPS) is 27.7. The van der Waals surface area contributed by atoms with Gasteiger partial charge >= 0.3 is 0 Å². The Balaban J connectivity index is 1.71. The van der Waals surface area contributed by atoms with Crippen molar-refractivity contribution in [3.8, 4) is 0 Å². The van der Waals surface area contributed by atoms with Crippen molar-refractivity contribution in [2.45, 2.75) is 35.9 Å². The van der Waals surface area contributed by atoms with E-state index in [-0.39, 0.29) is 0 Å². The van der Waals surface area contributed by atoms with Crippen LogP contribution in [0.1, 0.15) is 46.4 Å². The number of aromatic nitrogens is 4. The van der Waals surface area contributed by atoms with E-state index < -0.39 is 35.9 Å². The van der Waals surface area contributed by atoms with Crippen molar-refractivity contribution in [1.82, 2.24) is 19.9 Å². The maximum atomic E-state index is 11.9. The molecule has 4 aromatic heterocycles. The van der Waals surface area contributed by atoms with Crippen molar-refractivity contribution < 1.29 is 10.2 Å². The summed E-state index contributed by atoms with van der Waals surface area (Å²) in [5, 5.41) is 23.7. The number of aliphatic hydroxyl groups is 2. The highest BCUT2D eigenvalue weighted by Gasteiger charge is 2.53. The zero-order valence-corrected chi connectivity index (χ0v) is 17.4. The van der Waals surface area contributed by atoms with Crippen LogP contribution in [0.5, 0.6) is 0 Å². The van der Waals surface area contributed by atoms with Gasteiger partial charge in [-0.1, -0.05) is 24.3 Å². The van der Waals surface area contributed by atoms with Crippen molar-refractivity contribution in [3.63, 3.8) is 0 Å². The number of hydrogen-bond donors (Lipinski definition) is 2. The Morgan fingerprint density at radius 2 is 0.656 bits per heavy atom. The fraction of sp³-hybridized carbons (Fsp3) is 0.231. The molecule has 5 rings (SSSR count). The summed E-state index contributed by atoms with van der Waals surface area (Å²) in [6, 6.07) is 22.6. The van der Waals surface area contributed by atoms with Gasteiger partial charge in [-0.05, 0) is 48.5 Å². The molecule has 4 heterocycles. The first kappa shape index (κ1) is 20.4. The molecule has 2 N–H and O–H groups in total. The molecule has 0 spiro atoms. The predicted molar refractivity (Wildman–Crippen MR) is 120 cm³/mol. The molecular formula is C26H24N4O2. The third-order valence-corrected chi connectivity index (χ3v) is 6.36. The van der Waals surface area contributed by atoms with Gasteiger partial charge < -0.3 is 10.2 Å². The van der Waals surface area contributed by atoms with Crippen molar-refractivity contribution in [2.24, 2.45) is 0 Å². The SMILES string of the molecule is OC1C(c2ccccn2)C(c2ccccn2)C(O)C(c2ccccn2)C1c1ccccn1. The Morgan fingerprint density at radius 3 is 0.844 bits per heavy atom. The molecule has 4 aromatic rings. The molecule has 0 bridgehead atoms. The summed E-state index contributed by atoms with van der Waals surface area (Å²) in [5.41, 5.74) is 2.87. The van der Waals surface area contributed by atoms with Crippen LogP contribution in [0, 0.1) is 0 Å². The van der Waals surface area contributed by atoms with Crippen LogP contribution in [-0.2, 0) is 0 Å². The molecule has 0 aliphatic heterocycles. The predicted octanol–water partition coefficient (Wildman–Crippen LogP) is 3.44. The van der Waals surface area contributed by atoms with Gasteiger partial charge in [0.25, 0.3) is 0 Å². The molecule has 4 unspecified atom stereocenters. The van der Waals surface area contributed by atoms with Gasteiger partial charge in [0.15, 0.2) is 0 Å². The molecule has 0 radical (unpaired) electrons. The smallest absolute Gasteiger partial charge is 0.0722 e. The maximum absolute atomic E-state index is 11.9. The van der Waals surface area contributed by atoms with E-state index in [1.165, 1.54) is 0 Å². The van der Waals surface area contributed by atoms with E-state index in [9.17, 15) is 10.2 Å². The second kappa shape index (κ2) is 8.94. The first-order valence-electron chi connectivity index (χ1n) is 10.8. The number of aliphatic hydroxyl groups excluding tert-OH is 2. The number of pyridine rings is 4. The molecule has 6 heteroatoms. The molecule has 6 nitrogen and oxygen atoms in total. The van der Waals surface area contributed by atoms with E-state index in [1.54, 1.807) is 24.8 Å². The second-order valence-corrected chi connectivity index (χ2v) is 8.10. The van der Waals surface area contributed by atoms with Gasteiger partial charge in [-0.2, -0.15) is 0 Å². The van der Waals surface area contributed by atoms with E-state index >= 15 is 0 Å². The van der Waals surface area contributed by atoms with Crippen LogP contribution in [0.25, 0.3) is 0 Å². The third-order valence-electron chi connectivity index (χ3n) is 6.36. The monoisotopic (exact) mass is 424 g/mol. The van der Waals surface area contributed by atoms with Crippen LogP contribution < -0.4 is 0 Å². The van der Waals surface area contributed by atoms with Gasteiger partial charge in [-0.3, -0.25) is 19.9 Å². The summed E-state index contributed by atoms with van der Waals surface area (Å²) in [7, 11) is 0. The largest absolute Gasteiger partial charge is 0.392 e. The minimum Gasteiger partial charge on any atom is -0.392 e. The standard InChI is InChI=1S/C26H24N4O2/c31-25-21(17-9-1-5-13-27-17)22(18-10-2-6-14-28-18)26(32)24(20-12-4-8-16-30-20)23(25)19-11-3-7-15-29-19/h1-16,21-26,31-32H. The zero-order chi connectivity index (χ0) is 21.9. The summed E-state index contributed by atoms with van der Waals surface area (Å²) in [6.45, 7) is 0. The Morgan fingerprint density at radius 1 is 0.406 bits per heavy atom. The quantitative estimate of drug-likeness (QED) is 0.521. The van der Waals surface area contributed by atoms with Gasteiger partial charge in [0, 0.05) is 71.2 Å². The van der Waals surface area contributed by atoms with Gasteiger partial charge in [0.2, 0.25) is 0 Å². The van der Waals surface area contributed by atoms with Crippen LogP contribution >= 0.6 is 0 Å². The fourth-order valence-corrected chi connectivity index (χ4v) is 5.02. The van der Waals surface area contributed by atoms with Crippen LogP contribution in [0.3, 0.4) is 0 Å². The summed E-state index contributed by atoms with van der Waals surface area (Å²) >= 11 is 0. The van der Waals surface area contributed by atoms with Gasteiger partial charge in [0.1, 0.15) is 0 Å². The Kier molecular flexibility index (Phi) is 5.71. The lowest BCUT2D eigenvalue weighted by Crippen LogP contribution is -2.48. The van der Waals surface area contributed by atoms with Crippen LogP contribution in [-0.4, -0.2) is 42.4 Å². The van der Waals surface area contributed by atoms with Gasteiger partial charge in [-0.25, -0.2) is 0 Å². The van der Waals surface area contributed by atoms with Crippen molar-refractivity contribution in [3.05, 3.63) is 120 Å². The average molecular weight is 425 g/mol. The van der Waals surface area contributed by atoms with Gasteiger partial charge in [0.05, 0.1) is 12.2 Å². The molecule has 1 aliphatic rings. The van der Waals surface area contributed by atoms with E-state index in [0.717, 1.165) is 22.8 Å². The molecule has 160 valence electrons. The minimum atomic E-state index is -0.859. The summed E-state index contributed by atoms with van der Waals surface area (Å²) < 4.78 is 0. The summed E-state index contributed by atoms with van der Waals surface area (Å²) in [4.78, 5) is 18.2. The Bertz CT molecular complexity index is 946. The van der Waals surface area contributed by atoms with Crippen LogP contribution in [0.4, 0.5) is 0 Å². The Labute approximate surface area is 186 Å². The first-order chi connectivity index (χ1) is 15.8. The fourth-order valence-electron chi connectivity index (χ4n) is 5.02. The lowest BCUT2D eigenvalue weighted by molar-refractivity contribution is -0.0223. The van der Waals surface area contributed by atoms with E-state index in [2.05, 4.69) is 19.9 Å². The molecule has 0 amide bonds. The molecule has 1 aliphatic carbocycles. The molecule has 1 saturated carbocycles. The van der Waals surface area contributed by atoms with E-state index in [4.69, 9.17) is 0 Å². The first-order valence-corrected chi connectivity index (χ1v) is 10.8. The number of nitrogens with zero attached hydrogens (tertiary/aromatic N) is 4. The van der Waals surface area contributed by atoms with Gasteiger partial charge in [-0.15, -0.1) is 0 Å². The lowest BCUT2D eigenvalue weighted by atomic mass is 9.60. The van der Waals surface area contributed by atoms with Crippen molar-refractivity contribution in [2.75, 3.05) is 0 Å². The lowest BCUT2D eigenvalue weighted by Gasteiger charge is -2.47. The van der Waals surface area contributed by atoms with E-state index in [0.29, 0.717) is 0 Å².